The number of fused-ring (bicyclic) bond motifs is 1. The molecule has 11 heteroatoms. The van der Waals surface area contributed by atoms with Gasteiger partial charge in [-0.2, -0.15) is 4.72 Å². The molecule has 0 aliphatic rings. The average molecular weight is 550 g/mol. The highest BCUT2D eigenvalue weighted by atomic mass is 35.5. The Kier molecular flexibility index (Phi) is 7.24. The number of pyridine rings is 1. The van der Waals surface area contributed by atoms with Gasteiger partial charge in [0, 0.05) is 22.2 Å². The molecular formula is C26H20ClN5O3S2. The zero-order chi connectivity index (χ0) is 25.8. The summed E-state index contributed by atoms with van der Waals surface area (Å²) < 4.78 is 29.5. The number of sulfonamides is 1. The van der Waals surface area contributed by atoms with Gasteiger partial charge in [0.25, 0.3) is 0 Å². The Hall–Kier alpha value is -3.70. The van der Waals surface area contributed by atoms with Crippen molar-refractivity contribution in [2.45, 2.75) is 17.4 Å². The predicted octanol–water partition coefficient (Wildman–Crippen LogP) is 4.94. The maximum atomic E-state index is 13.5. The Morgan fingerprint density at radius 2 is 1.68 bits per heavy atom. The Labute approximate surface area is 222 Å². The number of hydrogen-bond acceptors (Lipinski definition) is 7. The van der Waals surface area contributed by atoms with Crippen LogP contribution in [0.5, 0.6) is 0 Å². The van der Waals surface area contributed by atoms with E-state index in [1.54, 1.807) is 48.5 Å². The number of halogens is 1. The predicted molar refractivity (Wildman–Crippen MR) is 145 cm³/mol. The van der Waals surface area contributed by atoms with Crippen LogP contribution >= 0.6 is 22.9 Å². The first-order valence-electron chi connectivity index (χ1n) is 11.2. The molecule has 0 aliphatic heterocycles. The molecule has 3 aromatic carbocycles. The lowest BCUT2D eigenvalue weighted by atomic mass is 10.1. The quantitative estimate of drug-likeness (QED) is 0.283. The molecule has 5 rings (SSSR count). The molecule has 0 fully saturated rings. The number of amides is 1. The van der Waals surface area contributed by atoms with E-state index in [1.807, 2.05) is 30.3 Å². The van der Waals surface area contributed by atoms with Crippen molar-refractivity contribution in [1.82, 2.24) is 19.9 Å². The summed E-state index contributed by atoms with van der Waals surface area (Å²) in [7, 11) is -4.10. The summed E-state index contributed by atoms with van der Waals surface area (Å²) >= 11 is 7.13. The monoisotopic (exact) mass is 549 g/mol. The molecule has 0 aliphatic carbocycles. The van der Waals surface area contributed by atoms with Gasteiger partial charge >= 0.3 is 0 Å². The van der Waals surface area contributed by atoms with E-state index in [-0.39, 0.29) is 16.4 Å². The zero-order valence-electron chi connectivity index (χ0n) is 19.2. The Bertz CT molecular complexity index is 1650. The zero-order valence-corrected chi connectivity index (χ0v) is 21.6. The SMILES string of the molecule is O=C(Nc1nnc(-c2ccc(Cl)cc2)s1)C(Cc1ccccc1)NS(=O)(=O)c1cccc2cccnc12. The lowest BCUT2D eigenvalue weighted by molar-refractivity contribution is -0.117. The molecule has 2 N–H and O–H groups in total. The van der Waals surface area contributed by atoms with Crippen LogP contribution in [-0.2, 0) is 21.2 Å². The summed E-state index contributed by atoms with van der Waals surface area (Å²) in [6.07, 6.45) is 1.66. The molecule has 8 nitrogen and oxygen atoms in total. The van der Waals surface area contributed by atoms with Gasteiger partial charge in [-0.1, -0.05) is 83.6 Å². The largest absolute Gasteiger partial charge is 0.299 e. The number of aromatic nitrogens is 3. The summed E-state index contributed by atoms with van der Waals surface area (Å²) in [5.41, 5.74) is 1.92. The molecule has 0 bridgehead atoms. The summed E-state index contributed by atoms with van der Waals surface area (Å²) in [6, 6.07) is 23.6. The van der Waals surface area contributed by atoms with Crippen molar-refractivity contribution in [2.75, 3.05) is 5.32 Å². The molecule has 0 radical (unpaired) electrons. The first kappa shape index (κ1) is 25.0. The molecule has 186 valence electrons. The number of carbonyl (C=O) groups excluding carboxylic acids is 1. The van der Waals surface area contributed by atoms with Gasteiger partial charge in [-0.05, 0) is 36.2 Å². The molecule has 0 saturated heterocycles. The minimum absolute atomic E-state index is 0.00241. The maximum Gasteiger partial charge on any atom is 0.244 e. The van der Waals surface area contributed by atoms with Crippen molar-refractivity contribution in [3.05, 3.63) is 102 Å². The fourth-order valence-corrected chi connectivity index (χ4v) is 6.01. The van der Waals surface area contributed by atoms with E-state index in [0.717, 1.165) is 11.1 Å². The lowest BCUT2D eigenvalue weighted by Crippen LogP contribution is -2.45. The van der Waals surface area contributed by atoms with E-state index in [2.05, 4.69) is 25.2 Å². The molecular weight excluding hydrogens is 530 g/mol. The van der Waals surface area contributed by atoms with E-state index >= 15 is 0 Å². The van der Waals surface area contributed by atoms with Crippen LogP contribution in [0.4, 0.5) is 5.13 Å². The molecule has 1 unspecified atom stereocenters. The highest BCUT2D eigenvalue weighted by Gasteiger charge is 2.28. The normalized spacial score (nSPS) is 12.4. The molecule has 1 amide bonds. The highest BCUT2D eigenvalue weighted by Crippen LogP contribution is 2.28. The van der Waals surface area contributed by atoms with Crippen molar-refractivity contribution < 1.29 is 13.2 Å². The van der Waals surface area contributed by atoms with Crippen molar-refractivity contribution in [3.8, 4) is 10.6 Å². The number of nitrogens with one attached hydrogen (secondary N) is 2. The standard InChI is InChI=1S/C26H20ClN5O3S2/c27-20-13-11-19(12-14-20)25-30-31-26(36-25)29-24(33)21(16-17-6-2-1-3-7-17)32-37(34,35)22-10-4-8-18-9-5-15-28-23(18)22/h1-15,21,32H,16H2,(H,29,31,33). The molecule has 37 heavy (non-hydrogen) atoms. The Balaban J connectivity index is 1.42. The van der Waals surface area contributed by atoms with Crippen LogP contribution in [0.25, 0.3) is 21.5 Å². The van der Waals surface area contributed by atoms with Crippen molar-refractivity contribution in [3.63, 3.8) is 0 Å². The molecule has 5 aromatic rings. The Morgan fingerprint density at radius 3 is 2.46 bits per heavy atom. The lowest BCUT2D eigenvalue weighted by Gasteiger charge is -2.18. The molecule has 1 atom stereocenters. The van der Waals surface area contributed by atoms with E-state index in [9.17, 15) is 13.2 Å². The average Bonchev–Trinajstić information content (AvgIpc) is 3.37. The second-order valence-corrected chi connectivity index (χ2v) is 11.2. The number of benzene rings is 3. The number of hydrogen-bond donors (Lipinski definition) is 2. The summed E-state index contributed by atoms with van der Waals surface area (Å²) in [6.45, 7) is 0. The van der Waals surface area contributed by atoms with Gasteiger partial charge in [-0.15, -0.1) is 10.2 Å². The van der Waals surface area contributed by atoms with Crippen LogP contribution < -0.4 is 10.0 Å². The number of rotatable bonds is 8. The first-order valence-corrected chi connectivity index (χ1v) is 13.9. The van der Waals surface area contributed by atoms with Crippen LogP contribution in [0.15, 0.2) is 96.0 Å². The number of para-hydroxylation sites is 1. The Morgan fingerprint density at radius 1 is 0.919 bits per heavy atom. The van der Waals surface area contributed by atoms with E-state index in [0.29, 0.717) is 20.9 Å². The second-order valence-electron chi connectivity index (χ2n) is 8.10. The maximum absolute atomic E-state index is 13.5. The summed E-state index contributed by atoms with van der Waals surface area (Å²) in [5, 5.41) is 13.0. The van der Waals surface area contributed by atoms with Crippen LogP contribution in [-0.4, -0.2) is 35.5 Å². The minimum atomic E-state index is -4.10. The van der Waals surface area contributed by atoms with Gasteiger partial charge in [0.15, 0.2) is 0 Å². The minimum Gasteiger partial charge on any atom is -0.299 e. The van der Waals surface area contributed by atoms with Crippen LogP contribution in [0, 0.1) is 0 Å². The van der Waals surface area contributed by atoms with E-state index in [4.69, 9.17) is 11.6 Å². The van der Waals surface area contributed by atoms with Gasteiger partial charge in [0.2, 0.25) is 21.1 Å². The van der Waals surface area contributed by atoms with Gasteiger partial charge < -0.3 is 0 Å². The smallest absolute Gasteiger partial charge is 0.244 e. The first-order chi connectivity index (χ1) is 17.9. The second kappa shape index (κ2) is 10.7. The van der Waals surface area contributed by atoms with Gasteiger partial charge in [-0.3, -0.25) is 15.1 Å². The highest BCUT2D eigenvalue weighted by molar-refractivity contribution is 7.89. The molecule has 2 heterocycles. The fourth-order valence-electron chi connectivity index (χ4n) is 3.76. The third-order valence-electron chi connectivity index (χ3n) is 5.53. The van der Waals surface area contributed by atoms with Gasteiger partial charge in [0.05, 0.1) is 5.52 Å². The van der Waals surface area contributed by atoms with Crippen molar-refractivity contribution in [1.29, 1.82) is 0 Å². The third kappa shape index (κ3) is 5.83. The van der Waals surface area contributed by atoms with E-state index in [1.165, 1.54) is 23.6 Å². The topological polar surface area (TPSA) is 114 Å². The summed E-state index contributed by atoms with van der Waals surface area (Å²) in [5.74, 6) is -0.556. The fraction of sp³-hybridized carbons (Fsp3) is 0.0769. The van der Waals surface area contributed by atoms with Gasteiger partial charge in [0.1, 0.15) is 15.9 Å². The number of nitrogens with zero attached hydrogens (tertiary/aromatic N) is 3. The number of carbonyl (C=O) groups is 1. The summed E-state index contributed by atoms with van der Waals surface area (Å²) in [4.78, 5) is 17.6. The molecule has 0 spiro atoms. The van der Waals surface area contributed by atoms with Crippen molar-refractivity contribution >= 4 is 54.9 Å². The molecule has 2 aromatic heterocycles. The number of anilines is 1. The van der Waals surface area contributed by atoms with E-state index < -0.39 is 22.0 Å². The van der Waals surface area contributed by atoms with Crippen molar-refractivity contribution in [2.24, 2.45) is 0 Å². The van der Waals surface area contributed by atoms with Crippen LogP contribution in [0.1, 0.15) is 5.56 Å². The molecule has 0 saturated carbocycles. The third-order valence-corrected chi connectivity index (χ3v) is 8.17. The van der Waals surface area contributed by atoms with Gasteiger partial charge in [-0.25, -0.2) is 8.42 Å². The van der Waals surface area contributed by atoms with Crippen LogP contribution in [0.2, 0.25) is 5.02 Å². The van der Waals surface area contributed by atoms with Crippen LogP contribution in [0.3, 0.4) is 0 Å².